The van der Waals surface area contributed by atoms with Crippen LogP contribution in [0, 0.1) is 11.3 Å². The summed E-state index contributed by atoms with van der Waals surface area (Å²) in [5, 5.41) is 7.58. The maximum Gasteiger partial charge on any atom is 0.0198 e. The van der Waals surface area contributed by atoms with Crippen LogP contribution in [0.2, 0.25) is 0 Å². The van der Waals surface area contributed by atoms with Crippen LogP contribution in [-0.2, 0) is 0 Å². The van der Waals surface area contributed by atoms with Gasteiger partial charge in [0.15, 0.2) is 0 Å². The van der Waals surface area contributed by atoms with Gasteiger partial charge in [0.1, 0.15) is 0 Å². The van der Waals surface area contributed by atoms with Crippen LogP contribution in [0.15, 0.2) is 0 Å². The summed E-state index contributed by atoms with van der Waals surface area (Å²) in [5.41, 5.74) is 0.700. The summed E-state index contributed by atoms with van der Waals surface area (Å²) in [6.07, 6.45) is 11.5. The fourth-order valence-corrected chi connectivity index (χ4v) is 3.93. The molecule has 0 radical (unpaired) electrons. The minimum atomic E-state index is 0.700. The minimum Gasteiger partial charge on any atom is -0.315 e. The van der Waals surface area contributed by atoms with Crippen molar-refractivity contribution in [3.63, 3.8) is 0 Å². The molecule has 98 valence electrons. The molecule has 3 fully saturated rings. The highest BCUT2D eigenvalue weighted by Gasteiger charge is 2.40. The van der Waals surface area contributed by atoms with Gasteiger partial charge in [-0.25, -0.2) is 0 Å². The smallest absolute Gasteiger partial charge is 0.0198 e. The summed E-state index contributed by atoms with van der Waals surface area (Å²) in [4.78, 5) is 0. The normalized spacial score (nSPS) is 39.0. The molecule has 0 aromatic heterocycles. The lowest BCUT2D eigenvalue weighted by molar-refractivity contribution is 0.325. The maximum absolute atomic E-state index is 3.86. The maximum atomic E-state index is 3.86. The standard InChI is InChI=1S/C15H28N2/c1-2-15(7-8-15)11-16-10-13-9-12-5-3-4-6-14(12)17-13/h12-14,16-17H,2-11H2,1H3. The summed E-state index contributed by atoms with van der Waals surface area (Å²) < 4.78 is 0. The predicted octanol–water partition coefficient (Wildman–Crippen LogP) is 2.69. The van der Waals surface area contributed by atoms with Gasteiger partial charge in [0.2, 0.25) is 0 Å². The second-order valence-electron chi connectivity index (χ2n) is 6.73. The van der Waals surface area contributed by atoms with Crippen LogP contribution in [0.3, 0.4) is 0 Å². The van der Waals surface area contributed by atoms with E-state index in [0.717, 1.165) is 18.0 Å². The zero-order chi connectivity index (χ0) is 11.7. The first kappa shape index (κ1) is 12.0. The highest BCUT2D eigenvalue weighted by atomic mass is 15.0. The highest BCUT2D eigenvalue weighted by molar-refractivity contribution is 4.96. The lowest BCUT2D eigenvalue weighted by atomic mass is 9.85. The van der Waals surface area contributed by atoms with Gasteiger partial charge in [0.25, 0.3) is 0 Å². The molecule has 3 unspecified atom stereocenters. The van der Waals surface area contributed by atoms with Crippen molar-refractivity contribution >= 4 is 0 Å². The first-order valence-electron chi connectivity index (χ1n) is 7.78. The monoisotopic (exact) mass is 236 g/mol. The van der Waals surface area contributed by atoms with E-state index in [-0.39, 0.29) is 0 Å². The molecule has 2 nitrogen and oxygen atoms in total. The van der Waals surface area contributed by atoms with Crippen LogP contribution in [0.25, 0.3) is 0 Å². The SMILES string of the molecule is CCC1(CNCC2CC3CCCCC3N2)CC1. The van der Waals surface area contributed by atoms with E-state index in [1.54, 1.807) is 0 Å². The molecule has 3 rings (SSSR count). The lowest BCUT2D eigenvalue weighted by Gasteiger charge is -2.24. The quantitative estimate of drug-likeness (QED) is 0.767. The number of hydrogen-bond donors (Lipinski definition) is 2. The zero-order valence-corrected chi connectivity index (χ0v) is 11.3. The van der Waals surface area contributed by atoms with Crippen molar-refractivity contribution in [2.75, 3.05) is 13.1 Å². The second-order valence-corrected chi connectivity index (χ2v) is 6.73. The van der Waals surface area contributed by atoms with E-state index in [1.165, 1.54) is 64.5 Å². The largest absolute Gasteiger partial charge is 0.315 e. The van der Waals surface area contributed by atoms with Crippen molar-refractivity contribution in [3.05, 3.63) is 0 Å². The van der Waals surface area contributed by atoms with Gasteiger partial charge >= 0.3 is 0 Å². The van der Waals surface area contributed by atoms with E-state index in [1.807, 2.05) is 0 Å². The molecule has 0 spiro atoms. The zero-order valence-electron chi connectivity index (χ0n) is 11.3. The van der Waals surface area contributed by atoms with Gasteiger partial charge in [-0.05, 0) is 49.9 Å². The van der Waals surface area contributed by atoms with Gasteiger partial charge in [-0.15, -0.1) is 0 Å². The van der Waals surface area contributed by atoms with Crippen molar-refractivity contribution in [2.24, 2.45) is 11.3 Å². The third-order valence-electron chi connectivity index (χ3n) is 5.54. The van der Waals surface area contributed by atoms with Gasteiger partial charge in [-0.3, -0.25) is 0 Å². The van der Waals surface area contributed by atoms with E-state index in [2.05, 4.69) is 17.6 Å². The third kappa shape index (κ3) is 2.68. The van der Waals surface area contributed by atoms with Crippen molar-refractivity contribution in [1.82, 2.24) is 10.6 Å². The summed E-state index contributed by atoms with van der Waals surface area (Å²) in [6.45, 7) is 4.81. The average Bonchev–Trinajstić information content (AvgIpc) is 3.01. The Labute approximate surface area is 106 Å². The fourth-order valence-electron chi connectivity index (χ4n) is 3.93. The van der Waals surface area contributed by atoms with Crippen LogP contribution in [-0.4, -0.2) is 25.2 Å². The molecule has 1 aliphatic heterocycles. The Bertz CT molecular complexity index is 246. The van der Waals surface area contributed by atoms with Crippen LogP contribution in [0.1, 0.15) is 58.3 Å². The first-order chi connectivity index (χ1) is 8.31. The van der Waals surface area contributed by atoms with Crippen molar-refractivity contribution in [2.45, 2.75) is 70.4 Å². The van der Waals surface area contributed by atoms with Gasteiger partial charge in [-0.2, -0.15) is 0 Å². The predicted molar refractivity (Wildman–Crippen MR) is 72.1 cm³/mol. The number of hydrogen-bond acceptors (Lipinski definition) is 2. The van der Waals surface area contributed by atoms with Crippen LogP contribution in [0.5, 0.6) is 0 Å². The molecule has 2 saturated carbocycles. The van der Waals surface area contributed by atoms with Gasteiger partial charge < -0.3 is 10.6 Å². The van der Waals surface area contributed by atoms with E-state index >= 15 is 0 Å². The third-order valence-corrected chi connectivity index (χ3v) is 5.54. The molecule has 1 heterocycles. The Hall–Kier alpha value is -0.0800. The van der Waals surface area contributed by atoms with Gasteiger partial charge in [0, 0.05) is 25.2 Å². The molecule has 2 N–H and O–H groups in total. The van der Waals surface area contributed by atoms with Crippen molar-refractivity contribution in [3.8, 4) is 0 Å². The summed E-state index contributed by atoms with van der Waals surface area (Å²) in [7, 11) is 0. The van der Waals surface area contributed by atoms with Crippen molar-refractivity contribution < 1.29 is 0 Å². The summed E-state index contributed by atoms with van der Waals surface area (Å²) in [5.74, 6) is 0.997. The molecule has 2 heteroatoms. The van der Waals surface area contributed by atoms with Crippen LogP contribution >= 0.6 is 0 Å². The van der Waals surface area contributed by atoms with E-state index in [9.17, 15) is 0 Å². The molecule has 17 heavy (non-hydrogen) atoms. The molecule has 1 saturated heterocycles. The molecule has 3 atom stereocenters. The molecular weight excluding hydrogens is 208 g/mol. The van der Waals surface area contributed by atoms with Gasteiger partial charge in [0.05, 0.1) is 0 Å². The topological polar surface area (TPSA) is 24.1 Å². The number of rotatable bonds is 5. The Balaban J connectivity index is 1.38. The van der Waals surface area contributed by atoms with E-state index < -0.39 is 0 Å². The second kappa shape index (κ2) is 4.89. The number of nitrogens with one attached hydrogen (secondary N) is 2. The fraction of sp³-hybridized carbons (Fsp3) is 1.00. The van der Waals surface area contributed by atoms with Crippen LogP contribution in [0.4, 0.5) is 0 Å². The summed E-state index contributed by atoms with van der Waals surface area (Å²) >= 11 is 0. The Morgan fingerprint density at radius 1 is 1.24 bits per heavy atom. The number of fused-ring (bicyclic) bond motifs is 1. The lowest BCUT2D eigenvalue weighted by Crippen LogP contribution is -2.39. The minimum absolute atomic E-state index is 0.700. The highest BCUT2D eigenvalue weighted by Crippen LogP contribution is 2.47. The van der Waals surface area contributed by atoms with Gasteiger partial charge in [-0.1, -0.05) is 19.8 Å². The first-order valence-corrected chi connectivity index (χ1v) is 7.78. The molecule has 0 amide bonds. The van der Waals surface area contributed by atoms with Crippen LogP contribution < -0.4 is 10.6 Å². The molecule has 3 aliphatic rings. The van der Waals surface area contributed by atoms with Crippen molar-refractivity contribution in [1.29, 1.82) is 0 Å². The molecule has 2 aliphatic carbocycles. The molecule has 0 bridgehead atoms. The molecule has 0 aromatic rings. The Kier molecular flexibility index (Phi) is 3.45. The summed E-state index contributed by atoms with van der Waals surface area (Å²) in [6, 6.07) is 1.62. The Morgan fingerprint density at radius 3 is 2.76 bits per heavy atom. The van der Waals surface area contributed by atoms with E-state index in [0.29, 0.717) is 5.41 Å². The average molecular weight is 236 g/mol. The Morgan fingerprint density at radius 2 is 2.06 bits per heavy atom. The van der Waals surface area contributed by atoms with E-state index in [4.69, 9.17) is 0 Å². The molecule has 0 aromatic carbocycles. The molecular formula is C15H28N2.